The molecular formula is C16H23FN2. The van der Waals surface area contributed by atoms with Gasteiger partial charge in [0.2, 0.25) is 0 Å². The quantitative estimate of drug-likeness (QED) is 0.901. The first-order valence-electron chi connectivity index (χ1n) is 7.33. The van der Waals surface area contributed by atoms with Crippen molar-refractivity contribution in [1.29, 1.82) is 0 Å². The normalized spacial score (nSPS) is 32.0. The number of hydrogen-bond donors (Lipinski definition) is 1. The number of nitrogens with one attached hydrogen (secondary N) is 1. The minimum Gasteiger partial charge on any atom is -0.316 e. The summed E-state index contributed by atoms with van der Waals surface area (Å²) in [6.45, 7) is 8.07. The van der Waals surface area contributed by atoms with Crippen LogP contribution in [0.15, 0.2) is 24.3 Å². The molecule has 2 atom stereocenters. The third-order valence-electron chi connectivity index (χ3n) is 4.65. The Hall–Kier alpha value is -0.930. The van der Waals surface area contributed by atoms with Crippen LogP contribution in [0.25, 0.3) is 0 Å². The van der Waals surface area contributed by atoms with Crippen LogP contribution < -0.4 is 5.32 Å². The smallest absolute Gasteiger partial charge is 0.123 e. The number of likely N-dealkylation sites (tertiary alicyclic amines) is 1. The molecule has 1 aromatic carbocycles. The van der Waals surface area contributed by atoms with E-state index < -0.39 is 0 Å². The van der Waals surface area contributed by atoms with E-state index in [1.807, 2.05) is 6.07 Å². The summed E-state index contributed by atoms with van der Waals surface area (Å²) < 4.78 is 13.3. The number of halogens is 1. The van der Waals surface area contributed by atoms with Crippen molar-refractivity contribution in [2.75, 3.05) is 32.7 Å². The van der Waals surface area contributed by atoms with Crippen LogP contribution in [0, 0.1) is 11.2 Å². The molecule has 0 radical (unpaired) electrons. The molecule has 0 amide bonds. The highest BCUT2D eigenvalue weighted by atomic mass is 19.1. The molecule has 3 rings (SSSR count). The Bertz CT molecular complexity index is 440. The lowest BCUT2D eigenvalue weighted by atomic mass is 9.89. The molecule has 0 bridgehead atoms. The van der Waals surface area contributed by atoms with E-state index in [0.717, 1.165) is 38.2 Å². The molecule has 3 heteroatoms. The molecule has 1 N–H and O–H groups in total. The maximum absolute atomic E-state index is 13.3. The van der Waals surface area contributed by atoms with E-state index in [9.17, 15) is 4.39 Å². The van der Waals surface area contributed by atoms with Crippen LogP contribution in [-0.4, -0.2) is 37.6 Å². The molecule has 2 fully saturated rings. The zero-order valence-electron chi connectivity index (χ0n) is 11.7. The molecule has 0 aromatic heterocycles. The Kier molecular flexibility index (Phi) is 3.59. The summed E-state index contributed by atoms with van der Waals surface area (Å²) in [4.78, 5) is 2.56. The predicted octanol–water partition coefficient (Wildman–Crippen LogP) is 2.61. The third-order valence-corrected chi connectivity index (χ3v) is 4.65. The van der Waals surface area contributed by atoms with Crippen molar-refractivity contribution in [2.24, 2.45) is 5.41 Å². The lowest BCUT2D eigenvalue weighted by molar-refractivity contribution is 0.207. The van der Waals surface area contributed by atoms with Gasteiger partial charge in [-0.3, -0.25) is 0 Å². The molecule has 0 aliphatic carbocycles. The van der Waals surface area contributed by atoms with Gasteiger partial charge >= 0.3 is 0 Å². The highest BCUT2D eigenvalue weighted by Gasteiger charge is 2.33. The van der Waals surface area contributed by atoms with Gasteiger partial charge in [-0.05, 0) is 55.0 Å². The van der Waals surface area contributed by atoms with E-state index >= 15 is 0 Å². The van der Waals surface area contributed by atoms with Crippen LogP contribution in [0.4, 0.5) is 4.39 Å². The first-order chi connectivity index (χ1) is 9.15. The van der Waals surface area contributed by atoms with Crippen molar-refractivity contribution in [3.05, 3.63) is 35.6 Å². The Morgan fingerprint density at radius 2 is 2.37 bits per heavy atom. The second-order valence-electron chi connectivity index (χ2n) is 6.51. The van der Waals surface area contributed by atoms with E-state index in [0.29, 0.717) is 11.3 Å². The Morgan fingerprint density at radius 3 is 3.11 bits per heavy atom. The minimum absolute atomic E-state index is 0.108. The lowest BCUT2D eigenvalue weighted by Gasteiger charge is -2.29. The second kappa shape index (κ2) is 5.22. The van der Waals surface area contributed by atoms with Gasteiger partial charge in [0.25, 0.3) is 0 Å². The van der Waals surface area contributed by atoms with Gasteiger partial charge in [0.1, 0.15) is 5.82 Å². The van der Waals surface area contributed by atoms with Crippen molar-refractivity contribution in [3.63, 3.8) is 0 Å². The zero-order chi connectivity index (χ0) is 13.3. The molecule has 2 aliphatic heterocycles. The SMILES string of the molecule is CC1(CN2CCC(c3cccc(F)c3)C2)CCNC1. The summed E-state index contributed by atoms with van der Waals surface area (Å²) in [5, 5.41) is 3.46. The fourth-order valence-corrected chi connectivity index (χ4v) is 3.55. The molecule has 19 heavy (non-hydrogen) atoms. The summed E-state index contributed by atoms with van der Waals surface area (Å²) in [5.41, 5.74) is 1.59. The monoisotopic (exact) mass is 262 g/mol. The summed E-state index contributed by atoms with van der Waals surface area (Å²) in [6.07, 6.45) is 2.43. The first-order valence-corrected chi connectivity index (χ1v) is 7.33. The van der Waals surface area contributed by atoms with Crippen LogP contribution in [0.1, 0.15) is 31.2 Å². The summed E-state index contributed by atoms with van der Waals surface area (Å²) in [5.74, 6) is 0.400. The maximum atomic E-state index is 13.3. The van der Waals surface area contributed by atoms with Gasteiger partial charge in [-0.2, -0.15) is 0 Å². The molecule has 2 nitrogen and oxygen atoms in total. The van der Waals surface area contributed by atoms with Gasteiger partial charge in [-0.25, -0.2) is 4.39 Å². The van der Waals surface area contributed by atoms with Gasteiger partial charge in [-0.15, -0.1) is 0 Å². The topological polar surface area (TPSA) is 15.3 Å². The highest BCUT2D eigenvalue weighted by Crippen LogP contribution is 2.32. The molecule has 104 valence electrons. The number of hydrogen-bond acceptors (Lipinski definition) is 2. The van der Waals surface area contributed by atoms with Gasteiger partial charge in [0.05, 0.1) is 0 Å². The van der Waals surface area contributed by atoms with Gasteiger partial charge in [0, 0.05) is 19.6 Å². The Morgan fingerprint density at radius 1 is 1.47 bits per heavy atom. The third kappa shape index (κ3) is 2.98. The highest BCUT2D eigenvalue weighted by molar-refractivity contribution is 5.22. The Balaban J connectivity index is 1.61. The number of rotatable bonds is 3. The largest absolute Gasteiger partial charge is 0.316 e. The second-order valence-corrected chi connectivity index (χ2v) is 6.51. The molecule has 2 heterocycles. The minimum atomic E-state index is -0.108. The van der Waals surface area contributed by atoms with Crippen molar-refractivity contribution < 1.29 is 4.39 Å². The average molecular weight is 262 g/mol. The van der Waals surface area contributed by atoms with Crippen molar-refractivity contribution in [3.8, 4) is 0 Å². The van der Waals surface area contributed by atoms with Crippen molar-refractivity contribution >= 4 is 0 Å². The summed E-state index contributed by atoms with van der Waals surface area (Å²) in [6, 6.07) is 7.13. The van der Waals surface area contributed by atoms with Gasteiger partial charge in [0.15, 0.2) is 0 Å². The summed E-state index contributed by atoms with van der Waals surface area (Å²) in [7, 11) is 0. The van der Waals surface area contributed by atoms with Gasteiger partial charge in [-0.1, -0.05) is 19.1 Å². The molecule has 1 aromatic rings. The lowest BCUT2D eigenvalue weighted by Crippen LogP contribution is -2.36. The van der Waals surface area contributed by atoms with E-state index in [1.54, 1.807) is 6.07 Å². The predicted molar refractivity (Wildman–Crippen MR) is 75.8 cm³/mol. The Labute approximate surface area is 115 Å². The molecule has 2 aliphatic rings. The number of nitrogens with zero attached hydrogens (tertiary/aromatic N) is 1. The standard InChI is InChI=1S/C16H23FN2/c1-16(6-7-18-11-16)12-19-8-5-14(10-19)13-3-2-4-15(17)9-13/h2-4,9,14,18H,5-8,10-12H2,1H3. The van der Waals surface area contributed by atoms with Crippen LogP contribution in [-0.2, 0) is 0 Å². The van der Waals surface area contributed by atoms with E-state index in [4.69, 9.17) is 0 Å². The fourth-order valence-electron chi connectivity index (χ4n) is 3.55. The van der Waals surface area contributed by atoms with Crippen molar-refractivity contribution in [2.45, 2.75) is 25.7 Å². The molecule has 2 saturated heterocycles. The van der Waals surface area contributed by atoms with Crippen LogP contribution in [0.5, 0.6) is 0 Å². The van der Waals surface area contributed by atoms with E-state index in [-0.39, 0.29) is 5.82 Å². The van der Waals surface area contributed by atoms with E-state index in [1.165, 1.54) is 19.0 Å². The molecule has 0 saturated carbocycles. The van der Waals surface area contributed by atoms with Gasteiger partial charge < -0.3 is 10.2 Å². The molecule has 0 spiro atoms. The summed E-state index contributed by atoms with van der Waals surface area (Å²) >= 11 is 0. The van der Waals surface area contributed by atoms with Crippen molar-refractivity contribution in [1.82, 2.24) is 10.2 Å². The van der Waals surface area contributed by atoms with Crippen LogP contribution in [0.2, 0.25) is 0 Å². The number of benzene rings is 1. The fraction of sp³-hybridized carbons (Fsp3) is 0.625. The average Bonchev–Trinajstić information content (AvgIpc) is 2.99. The molecule has 2 unspecified atom stereocenters. The maximum Gasteiger partial charge on any atom is 0.123 e. The first kappa shape index (κ1) is 13.1. The van der Waals surface area contributed by atoms with Crippen LogP contribution in [0.3, 0.4) is 0 Å². The zero-order valence-corrected chi connectivity index (χ0v) is 11.7. The molecular weight excluding hydrogens is 239 g/mol. The van der Waals surface area contributed by atoms with E-state index in [2.05, 4.69) is 23.2 Å². The van der Waals surface area contributed by atoms with Crippen LogP contribution >= 0.6 is 0 Å².